The molecule has 0 atom stereocenters. The molecule has 1 saturated heterocycles. The van der Waals surface area contributed by atoms with E-state index in [1.807, 2.05) is 12.1 Å². The SMILES string of the molecule is CC(=O)Nc1cccc(NC(=O)CCN2CCCCCC2)c1. The van der Waals surface area contributed by atoms with Crippen LogP contribution >= 0.6 is 0 Å². The van der Waals surface area contributed by atoms with Gasteiger partial charge in [-0.05, 0) is 44.1 Å². The van der Waals surface area contributed by atoms with Crippen LogP contribution in [0, 0.1) is 0 Å². The highest BCUT2D eigenvalue weighted by Gasteiger charge is 2.11. The first-order valence-corrected chi connectivity index (χ1v) is 8.03. The minimum Gasteiger partial charge on any atom is -0.326 e. The van der Waals surface area contributed by atoms with Gasteiger partial charge in [-0.2, -0.15) is 0 Å². The Morgan fingerprint density at radius 1 is 1.05 bits per heavy atom. The molecule has 0 radical (unpaired) electrons. The molecule has 1 aromatic carbocycles. The van der Waals surface area contributed by atoms with E-state index in [0.717, 1.165) is 19.6 Å². The largest absolute Gasteiger partial charge is 0.326 e. The molecular formula is C17H25N3O2. The monoisotopic (exact) mass is 303 g/mol. The molecule has 1 heterocycles. The van der Waals surface area contributed by atoms with Gasteiger partial charge in [0.25, 0.3) is 0 Å². The summed E-state index contributed by atoms with van der Waals surface area (Å²) >= 11 is 0. The van der Waals surface area contributed by atoms with Crippen LogP contribution in [0.2, 0.25) is 0 Å². The van der Waals surface area contributed by atoms with Gasteiger partial charge in [-0.25, -0.2) is 0 Å². The van der Waals surface area contributed by atoms with Crippen LogP contribution in [0.25, 0.3) is 0 Å². The maximum Gasteiger partial charge on any atom is 0.225 e. The Bertz CT molecular complexity index is 508. The van der Waals surface area contributed by atoms with E-state index < -0.39 is 0 Å². The Balaban J connectivity index is 1.79. The van der Waals surface area contributed by atoms with Crippen molar-refractivity contribution in [3.63, 3.8) is 0 Å². The number of benzene rings is 1. The topological polar surface area (TPSA) is 61.4 Å². The highest BCUT2D eigenvalue weighted by Crippen LogP contribution is 2.15. The van der Waals surface area contributed by atoms with Crippen LogP contribution in [0.1, 0.15) is 39.0 Å². The average Bonchev–Trinajstić information content (AvgIpc) is 2.73. The summed E-state index contributed by atoms with van der Waals surface area (Å²) in [5, 5.41) is 5.60. The Morgan fingerprint density at radius 2 is 1.68 bits per heavy atom. The molecule has 0 saturated carbocycles. The van der Waals surface area contributed by atoms with E-state index in [1.165, 1.54) is 32.6 Å². The molecule has 1 aromatic rings. The molecule has 0 aromatic heterocycles. The fourth-order valence-corrected chi connectivity index (χ4v) is 2.72. The average molecular weight is 303 g/mol. The van der Waals surface area contributed by atoms with Crippen molar-refractivity contribution in [2.75, 3.05) is 30.3 Å². The zero-order chi connectivity index (χ0) is 15.8. The van der Waals surface area contributed by atoms with E-state index in [9.17, 15) is 9.59 Å². The molecule has 2 rings (SSSR count). The summed E-state index contributed by atoms with van der Waals surface area (Å²) in [6, 6.07) is 7.21. The van der Waals surface area contributed by atoms with Gasteiger partial charge in [0.05, 0.1) is 0 Å². The van der Waals surface area contributed by atoms with Crippen molar-refractivity contribution in [3.8, 4) is 0 Å². The molecule has 120 valence electrons. The van der Waals surface area contributed by atoms with E-state index in [-0.39, 0.29) is 11.8 Å². The molecule has 22 heavy (non-hydrogen) atoms. The maximum absolute atomic E-state index is 12.0. The van der Waals surface area contributed by atoms with Crippen LogP contribution in [0.3, 0.4) is 0 Å². The Kier molecular flexibility index (Phi) is 6.40. The van der Waals surface area contributed by atoms with E-state index in [2.05, 4.69) is 15.5 Å². The number of rotatable bonds is 5. The third-order valence-corrected chi connectivity index (χ3v) is 3.82. The number of nitrogens with zero attached hydrogens (tertiary/aromatic N) is 1. The molecule has 0 unspecified atom stereocenters. The smallest absolute Gasteiger partial charge is 0.225 e. The summed E-state index contributed by atoms with van der Waals surface area (Å²) in [6.07, 6.45) is 5.59. The predicted octanol–water partition coefficient (Wildman–Crippen LogP) is 2.85. The van der Waals surface area contributed by atoms with Gasteiger partial charge in [0, 0.05) is 31.3 Å². The van der Waals surface area contributed by atoms with Crippen molar-refractivity contribution >= 4 is 23.2 Å². The number of carbonyl (C=O) groups is 2. The predicted molar refractivity (Wildman–Crippen MR) is 88.9 cm³/mol. The Morgan fingerprint density at radius 3 is 2.32 bits per heavy atom. The molecule has 2 amide bonds. The van der Waals surface area contributed by atoms with Crippen LogP contribution < -0.4 is 10.6 Å². The second-order valence-corrected chi connectivity index (χ2v) is 5.82. The first-order chi connectivity index (χ1) is 10.6. The molecule has 1 aliphatic rings. The minimum atomic E-state index is -0.121. The number of amides is 2. The lowest BCUT2D eigenvalue weighted by molar-refractivity contribution is -0.116. The molecule has 0 spiro atoms. The molecule has 5 nitrogen and oxygen atoms in total. The normalized spacial score (nSPS) is 15.9. The van der Waals surface area contributed by atoms with Crippen molar-refractivity contribution in [1.29, 1.82) is 0 Å². The van der Waals surface area contributed by atoms with Crippen LogP contribution in [0.4, 0.5) is 11.4 Å². The number of hydrogen-bond acceptors (Lipinski definition) is 3. The Labute approximate surface area is 132 Å². The van der Waals surface area contributed by atoms with Crippen molar-refractivity contribution in [1.82, 2.24) is 4.90 Å². The Hall–Kier alpha value is -1.88. The van der Waals surface area contributed by atoms with E-state index in [0.29, 0.717) is 17.8 Å². The highest BCUT2D eigenvalue weighted by atomic mass is 16.2. The number of carbonyl (C=O) groups excluding carboxylic acids is 2. The van der Waals surface area contributed by atoms with Gasteiger partial charge in [-0.1, -0.05) is 18.9 Å². The summed E-state index contributed by atoms with van der Waals surface area (Å²) in [6.45, 7) is 4.49. The first kappa shape index (κ1) is 16.5. The quantitative estimate of drug-likeness (QED) is 0.879. The van der Waals surface area contributed by atoms with E-state index in [4.69, 9.17) is 0 Å². The number of nitrogens with one attached hydrogen (secondary N) is 2. The first-order valence-electron chi connectivity index (χ1n) is 8.03. The number of anilines is 2. The van der Waals surface area contributed by atoms with Crippen molar-refractivity contribution < 1.29 is 9.59 Å². The summed E-state index contributed by atoms with van der Waals surface area (Å²) in [4.78, 5) is 25.5. The molecular weight excluding hydrogens is 278 g/mol. The van der Waals surface area contributed by atoms with Gasteiger partial charge in [-0.3, -0.25) is 9.59 Å². The standard InChI is InChI=1S/C17H25N3O2/c1-14(21)18-15-7-6-8-16(13-15)19-17(22)9-12-20-10-4-2-3-5-11-20/h6-8,13H,2-5,9-12H2,1H3,(H,18,21)(H,19,22). The molecule has 5 heteroatoms. The zero-order valence-corrected chi connectivity index (χ0v) is 13.2. The number of likely N-dealkylation sites (tertiary alicyclic amines) is 1. The second kappa shape index (κ2) is 8.54. The van der Waals surface area contributed by atoms with Crippen LogP contribution in [0.5, 0.6) is 0 Å². The fourth-order valence-electron chi connectivity index (χ4n) is 2.72. The van der Waals surface area contributed by atoms with Gasteiger partial charge >= 0.3 is 0 Å². The van der Waals surface area contributed by atoms with Crippen LogP contribution in [-0.2, 0) is 9.59 Å². The lowest BCUT2D eigenvalue weighted by atomic mass is 10.2. The molecule has 1 fully saturated rings. The summed E-state index contributed by atoms with van der Waals surface area (Å²) in [5.74, 6) is -0.103. The van der Waals surface area contributed by atoms with Crippen molar-refractivity contribution in [2.24, 2.45) is 0 Å². The summed E-state index contributed by atoms with van der Waals surface area (Å²) in [7, 11) is 0. The molecule has 0 aliphatic carbocycles. The maximum atomic E-state index is 12.0. The lowest BCUT2D eigenvalue weighted by Crippen LogP contribution is -2.28. The van der Waals surface area contributed by atoms with Gasteiger partial charge in [0.1, 0.15) is 0 Å². The molecule has 1 aliphatic heterocycles. The van der Waals surface area contributed by atoms with Gasteiger partial charge < -0.3 is 15.5 Å². The second-order valence-electron chi connectivity index (χ2n) is 5.82. The van der Waals surface area contributed by atoms with Crippen LogP contribution in [0.15, 0.2) is 24.3 Å². The minimum absolute atomic E-state index is 0.0178. The van der Waals surface area contributed by atoms with Crippen molar-refractivity contribution in [2.45, 2.75) is 39.0 Å². The third kappa shape index (κ3) is 5.85. The van der Waals surface area contributed by atoms with Gasteiger partial charge in [0.2, 0.25) is 11.8 Å². The summed E-state index contributed by atoms with van der Waals surface area (Å²) < 4.78 is 0. The molecule has 0 bridgehead atoms. The van der Waals surface area contributed by atoms with E-state index >= 15 is 0 Å². The van der Waals surface area contributed by atoms with E-state index in [1.54, 1.807) is 12.1 Å². The summed E-state index contributed by atoms with van der Waals surface area (Å²) in [5.41, 5.74) is 1.41. The molecule has 2 N–H and O–H groups in total. The lowest BCUT2D eigenvalue weighted by Gasteiger charge is -2.19. The third-order valence-electron chi connectivity index (χ3n) is 3.82. The zero-order valence-electron chi connectivity index (χ0n) is 13.2. The van der Waals surface area contributed by atoms with Gasteiger partial charge in [-0.15, -0.1) is 0 Å². The fraction of sp³-hybridized carbons (Fsp3) is 0.529. The van der Waals surface area contributed by atoms with Crippen LogP contribution in [-0.4, -0.2) is 36.3 Å². The van der Waals surface area contributed by atoms with Gasteiger partial charge in [0.15, 0.2) is 0 Å². The highest BCUT2D eigenvalue weighted by molar-refractivity contribution is 5.93. The number of hydrogen-bond donors (Lipinski definition) is 2. The van der Waals surface area contributed by atoms with Crippen molar-refractivity contribution in [3.05, 3.63) is 24.3 Å².